The van der Waals surface area contributed by atoms with Gasteiger partial charge in [-0.2, -0.15) is 0 Å². The average molecular weight is 555 g/mol. The number of amides is 1. The van der Waals surface area contributed by atoms with Crippen molar-refractivity contribution in [2.75, 3.05) is 6.61 Å². The molecule has 2 unspecified atom stereocenters. The number of fused-ring (bicyclic) bond motifs is 1. The smallest absolute Gasteiger partial charge is 0.330 e. The summed E-state index contributed by atoms with van der Waals surface area (Å²) >= 11 is 5.17. The lowest BCUT2D eigenvalue weighted by atomic mass is 9.88. The van der Waals surface area contributed by atoms with Gasteiger partial charge in [-0.25, -0.2) is 4.79 Å². The van der Waals surface area contributed by atoms with Gasteiger partial charge in [0, 0.05) is 5.33 Å². The van der Waals surface area contributed by atoms with Crippen LogP contribution in [0.25, 0.3) is 0 Å². The van der Waals surface area contributed by atoms with Crippen molar-refractivity contribution in [1.29, 1.82) is 0 Å². The van der Waals surface area contributed by atoms with E-state index >= 15 is 0 Å². The number of β-lactam (4-membered cyclic amide) rings is 1. The predicted octanol–water partition coefficient (Wildman–Crippen LogP) is 6.05. The summed E-state index contributed by atoms with van der Waals surface area (Å²) in [6.07, 6.45) is 2.17. The van der Waals surface area contributed by atoms with Gasteiger partial charge in [0.15, 0.2) is 8.32 Å². The zero-order chi connectivity index (χ0) is 24.6. The number of esters is 1. The Balaban J connectivity index is 1.89. The van der Waals surface area contributed by atoms with Crippen molar-refractivity contribution in [1.82, 2.24) is 4.90 Å². The molecule has 182 valence electrons. The van der Waals surface area contributed by atoms with Gasteiger partial charge in [0.1, 0.15) is 12.6 Å². The van der Waals surface area contributed by atoms with E-state index in [0.717, 1.165) is 17.3 Å². The molecule has 0 saturated carbocycles. The minimum atomic E-state index is -2.04. The van der Waals surface area contributed by atoms with Crippen molar-refractivity contribution in [3.8, 4) is 0 Å². The highest BCUT2D eigenvalue weighted by atomic mass is 79.9. The van der Waals surface area contributed by atoms with Gasteiger partial charge in [-0.3, -0.25) is 4.79 Å². The van der Waals surface area contributed by atoms with Crippen LogP contribution in [0.4, 0.5) is 0 Å². The molecule has 0 spiro atoms. The van der Waals surface area contributed by atoms with E-state index in [9.17, 15) is 9.59 Å². The Labute approximate surface area is 211 Å². The van der Waals surface area contributed by atoms with Crippen LogP contribution in [0.15, 0.2) is 36.9 Å². The van der Waals surface area contributed by atoms with Gasteiger partial charge in [0.05, 0.1) is 22.6 Å². The summed E-state index contributed by atoms with van der Waals surface area (Å²) in [5.41, 5.74) is 2.20. The fraction of sp³-hybridized carbons (Fsp3) is 0.600. The summed E-state index contributed by atoms with van der Waals surface area (Å²) in [6, 6.07) is 7.58. The highest BCUT2D eigenvalue weighted by Gasteiger charge is 2.63. The molecular formula is C25H36BrNO4SSi. The second-order valence-electron chi connectivity index (χ2n) is 10.3. The zero-order valence-corrected chi connectivity index (χ0v) is 23.9. The Morgan fingerprint density at radius 2 is 1.94 bits per heavy atom. The lowest BCUT2D eigenvalue weighted by Crippen LogP contribution is -2.66. The van der Waals surface area contributed by atoms with E-state index in [1.807, 2.05) is 0 Å². The largest absolute Gasteiger partial charge is 0.460 e. The Bertz CT molecular complexity index is 885. The maximum absolute atomic E-state index is 13.5. The second kappa shape index (κ2) is 10.3. The molecule has 1 aromatic carbocycles. The predicted molar refractivity (Wildman–Crippen MR) is 141 cm³/mol. The number of nitrogens with zero attached hydrogens (tertiary/aromatic N) is 1. The molecule has 1 aromatic rings. The minimum Gasteiger partial charge on any atom is -0.460 e. The SMILES string of the molecule is C=CCOC(=O)C1C(c2ccc(CBr)cc2)S[C@@H]2[C@H]([C@H](CC)O[Si](C)(C)C(C)(C)C)C(=O)N12. The monoisotopic (exact) mass is 553 g/mol. The number of benzene rings is 1. The van der Waals surface area contributed by atoms with Gasteiger partial charge in [-0.15, -0.1) is 11.8 Å². The van der Waals surface area contributed by atoms with Crippen LogP contribution >= 0.6 is 27.7 Å². The van der Waals surface area contributed by atoms with E-state index in [2.05, 4.69) is 87.6 Å². The third-order valence-electron chi connectivity index (χ3n) is 7.10. The van der Waals surface area contributed by atoms with Crippen LogP contribution in [0.5, 0.6) is 0 Å². The Hall–Kier alpha value is -1.09. The minimum absolute atomic E-state index is 0.00168. The number of hydrogen-bond acceptors (Lipinski definition) is 5. The standard InChI is InChI=1S/C25H36BrNO4SSi/c1-8-14-30-24(29)20-21(17-12-10-16(15-26)11-13-17)32-23-19(22(28)27(20)23)18(9-2)31-33(6,7)25(3,4)5/h8,10-13,18-21,23H,1,9,14-15H2,2-7H3/t18-,19+,20?,21?,23+/m0/s1. The van der Waals surface area contributed by atoms with Crippen molar-refractivity contribution < 1.29 is 18.8 Å². The van der Waals surface area contributed by atoms with Gasteiger partial charge in [0.25, 0.3) is 0 Å². The van der Waals surface area contributed by atoms with Crippen molar-refractivity contribution >= 4 is 47.9 Å². The number of alkyl halides is 1. The zero-order valence-electron chi connectivity index (χ0n) is 20.5. The second-order valence-corrected chi connectivity index (χ2v) is 16.9. The van der Waals surface area contributed by atoms with Gasteiger partial charge in [-0.05, 0) is 35.7 Å². The average Bonchev–Trinajstić information content (AvgIpc) is 3.11. The number of rotatable bonds is 9. The summed E-state index contributed by atoms with van der Waals surface area (Å²) in [6.45, 7) is 16.9. The first-order valence-corrected chi connectivity index (χ1v) is 16.5. The van der Waals surface area contributed by atoms with E-state index in [0.29, 0.717) is 0 Å². The van der Waals surface area contributed by atoms with E-state index in [4.69, 9.17) is 9.16 Å². The molecule has 2 fully saturated rings. The fourth-order valence-electron chi connectivity index (χ4n) is 4.16. The summed E-state index contributed by atoms with van der Waals surface area (Å²) < 4.78 is 12.1. The van der Waals surface area contributed by atoms with Crippen LogP contribution in [-0.4, -0.2) is 49.2 Å². The number of carbonyl (C=O) groups is 2. The molecule has 3 rings (SSSR count). The number of thioether (sulfide) groups is 1. The Kier molecular flexibility index (Phi) is 8.24. The van der Waals surface area contributed by atoms with E-state index in [1.54, 1.807) is 22.7 Å². The first-order chi connectivity index (χ1) is 15.5. The molecule has 0 aliphatic carbocycles. The van der Waals surface area contributed by atoms with Crippen molar-refractivity contribution in [2.45, 2.75) is 80.3 Å². The molecule has 2 aliphatic heterocycles. The number of halogens is 1. The molecule has 0 radical (unpaired) electrons. The van der Waals surface area contributed by atoms with Gasteiger partial charge in [0.2, 0.25) is 5.91 Å². The molecule has 0 N–H and O–H groups in total. The van der Waals surface area contributed by atoms with Crippen molar-refractivity contribution in [3.63, 3.8) is 0 Å². The molecule has 1 amide bonds. The lowest BCUT2D eigenvalue weighted by Gasteiger charge is -2.49. The van der Waals surface area contributed by atoms with Crippen molar-refractivity contribution in [2.24, 2.45) is 5.92 Å². The first kappa shape index (κ1) is 26.5. The van der Waals surface area contributed by atoms with Gasteiger partial charge in [-0.1, -0.05) is 80.5 Å². The lowest BCUT2D eigenvalue weighted by molar-refractivity contribution is -0.169. The molecule has 33 heavy (non-hydrogen) atoms. The third-order valence-corrected chi connectivity index (χ3v) is 13.9. The van der Waals surface area contributed by atoms with Crippen LogP contribution in [-0.2, 0) is 24.1 Å². The highest BCUT2D eigenvalue weighted by molar-refractivity contribution is 9.08. The summed E-state index contributed by atoms with van der Waals surface area (Å²) in [5.74, 6) is -0.613. The number of ether oxygens (including phenoxy) is 1. The molecular weight excluding hydrogens is 518 g/mol. The molecule has 5 atom stereocenters. The van der Waals surface area contributed by atoms with Gasteiger partial charge >= 0.3 is 5.97 Å². The molecule has 8 heteroatoms. The topological polar surface area (TPSA) is 55.8 Å². The van der Waals surface area contributed by atoms with Crippen LogP contribution in [0.3, 0.4) is 0 Å². The molecule has 0 bridgehead atoms. The van der Waals surface area contributed by atoms with E-state index < -0.39 is 14.4 Å². The van der Waals surface area contributed by atoms with Crippen LogP contribution < -0.4 is 0 Å². The molecule has 0 aromatic heterocycles. The fourth-order valence-corrected chi connectivity index (χ4v) is 7.79. The molecule has 5 nitrogen and oxygen atoms in total. The maximum atomic E-state index is 13.5. The van der Waals surface area contributed by atoms with Crippen LogP contribution in [0.2, 0.25) is 18.1 Å². The molecule has 2 heterocycles. The Morgan fingerprint density at radius 3 is 2.45 bits per heavy atom. The van der Waals surface area contributed by atoms with E-state index in [-0.39, 0.29) is 46.2 Å². The number of carbonyl (C=O) groups excluding carboxylic acids is 2. The number of hydrogen-bond donors (Lipinski definition) is 0. The summed E-state index contributed by atoms with van der Waals surface area (Å²) in [4.78, 5) is 28.2. The highest BCUT2D eigenvalue weighted by Crippen LogP contribution is 2.56. The van der Waals surface area contributed by atoms with Crippen molar-refractivity contribution in [3.05, 3.63) is 48.0 Å². The normalized spacial score (nSPS) is 25.9. The first-order valence-electron chi connectivity index (χ1n) is 11.5. The Morgan fingerprint density at radius 1 is 1.30 bits per heavy atom. The van der Waals surface area contributed by atoms with Crippen LogP contribution in [0, 0.1) is 5.92 Å². The van der Waals surface area contributed by atoms with Gasteiger partial charge < -0.3 is 14.1 Å². The van der Waals surface area contributed by atoms with E-state index in [1.165, 1.54) is 5.56 Å². The maximum Gasteiger partial charge on any atom is 0.330 e. The third kappa shape index (κ3) is 5.14. The van der Waals surface area contributed by atoms with Crippen LogP contribution in [0.1, 0.15) is 50.5 Å². The molecule has 2 aliphatic rings. The summed E-state index contributed by atoms with van der Waals surface area (Å²) in [7, 11) is -2.04. The summed E-state index contributed by atoms with van der Waals surface area (Å²) in [5, 5.41) is 0.575. The molecule has 2 saturated heterocycles. The quantitative estimate of drug-likeness (QED) is 0.122.